The zero-order valence-electron chi connectivity index (χ0n) is 8.79. The number of hydrogen-bond donors (Lipinski definition) is 2. The van der Waals surface area contributed by atoms with Gasteiger partial charge >= 0.3 is 5.97 Å². The molecular weight excluding hydrogens is 280 g/mol. The first-order valence-electron chi connectivity index (χ1n) is 4.75. The molecule has 0 unspecified atom stereocenters. The van der Waals surface area contributed by atoms with Gasteiger partial charge in [-0.1, -0.05) is 24.3 Å². The van der Waals surface area contributed by atoms with Gasteiger partial charge in [-0.05, 0) is 6.07 Å². The maximum absolute atomic E-state index is 11.4. The third-order valence-electron chi connectivity index (χ3n) is 2.47. The Morgan fingerprint density at radius 1 is 1.17 bits per heavy atom. The van der Waals surface area contributed by atoms with Crippen molar-refractivity contribution < 1.29 is 23.4 Å². The molecular formula is C11H7ClO5S. The Morgan fingerprint density at radius 3 is 2.22 bits per heavy atom. The summed E-state index contributed by atoms with van der Waals surface area (Å²) >= 11 is 0. The molecule has 7 heteroatoms. The summed E-state index contributed by atoms with van der Waals surface area (Å²) in [4.78, 5) is 10.6. The molecule has 0 aliphatic rings. The van der Waals surface area contributed by atoms with E-state index in [0.717, 1.165) is 6.07 Å². The first-order chi connectivity index (χ1) is 8.32. The lowest BCUT2D eigenvalue weighted by atomic mass is 10.1. The maximum Gasteiger partial charge on any atom is 0.339 e. The first-order valence-corrected chi connectivity index (χ1v) is 7.06. The summed E-state index contributed by atoms with van der Waals surface area (Å²) in [5.41, 5.74) is -0.507. The number of rotatable bonds is 2. The molecule has 18 heavy (non-hydrogen) atoms. The van der Waals surface area contributed by atoms with Gasteiger partial charge in [-0.3, -0.25) is 0 Å². The van der Waals surface area contributed by atoms with E-state index >= 15 is 0 Å². The Balaban J connectivity index is 3.03. The van der Waals surface area contributed by atoms with Crippen LogP contribution in [0, 0.1) is 0 Å². The lowest BCUT2D eigenvalue weighted by Gasteiger charge is -2.08. The molecule has 0 aromatic heterocycles. The number of carboxylic acid groups (broad SMARTS) is 1. The summed E-state index contributed by atoms with van der Waals surface area (Å²) in [6.07, 6.45) is 0. The average molecular weight is 287 g/mol. The number of phenols is 1. The van der Waals surface area contributed by atoms with Crippen LogP contribution in [0.5, 0.6) is 5.75 Å². The number of hydrogen-bond acceptors (Lipinski definition) is 4. The van der Waals surface area contributed by atoms with Crippen LogP contribution in [-0.2, 0) is 9.05 Å². The van der Waals surface area contributed by atoms with Gasteiger partial charge in [-0.2, -0.15) is 0 Å². The molecule has 2 N–H and O–H groups in total. The molecule has 94 valence electrons. The number of carbonyl (C=O) groups is 1. The van der Waals surface area contributed by atoms with E-state index in [2.05, 4.69) is 0 Å². The van der Waals surface area contributed by atoms with Crippen LogP contribution in [0.4, 0.5) is 0 Å². The second-order valence-corrected chi connectivity index (χ2v) is 6.09. The Kier molecular flexibility index (Phi) is 2.92. The molecule has 0 radical (unpaired) electrons. The average Bonchev–Trinajstić information content (AvgIpc) is 2.27. The molecule has 0 saturated carbocycles. The SMILES string of the molecule is O=C(O)c1cc(S(=O)(=O)Cl)c2ccccc2c1O. The quantitative estimate of drug-likeness (QED) is 0.826. The number of fused-ring (bicyclic) bond motifs is 1. The zero-order chi connectivity index (χ0) is 13.5. The van der Waals surface area contributed by atoms with E-state index in [-0.39, 0.29) is 15.7 Å². The fourth-order valence-electron chi connectivity index (χ4n) is 1.69. The highest BCUT2D eigenvalue weighted by Gasteiger charge is 2.22. The van der Waals surface area contributed by atoms with Crippen molar-refractivity contribution in [3.05, 3.63) is 35.9 Å². The fraction of sp³-hybridized carbons (Fsp3) is 0. The normalized spacial score (nSPS) is 11.6. The lowest BCUT2D eigenvalue weighted by Crippen LogP contribution is -2.01. The van der Waals surface area contributed by atoms with Gasteiger partial charge < -0.3 is 10.2 Å². The molecule has 2 aromatic carbocycles. The summed E-state index contributed by atoms with van der Waals surface area (Å²) in [7, 11) is 1.16. The van der Waals surface area contributed by atoms with Crippen LogP contribution in [0.2, 0.25) is 0 Å². The molecule has 0 bridgehead atoms. The number of halogens is 1. The minimum Gasteiger partial charge on any atom is -0.506 e. The van der Waals surface area contributed by atoms with Crippen LogP contribution in [0.3, 0.4) is 0 Å². The van der Waals surface area contributed by atoms with Crippen molar-refractivity contribution in [3.8, 4) is 5.75 Å². The van der Waals surface area contributed by atoms with Crippen LogP contribution < -0.4 is 0 Å². The van der Waals surface area contributed by atoms with Gasteiger partial charge in [0.15, 0.2) is 0 Å². The third kappa shape index (κ3) is 2.00. The summed E-state index contributed by atoms with van der Waals surface area (Å²) in [6, 6.07) is 6.83. The van der Waals surface area contributed by atoms with Crippen LogP contribution in [0.15, 0.2) is 35.2 Å². The predicted octanol–water partition coefficient (Wildman–Crippen LogP) is 2.17. The molecule has 0 heterocycles. The van der Waals surface area contributed by atoms with Crippen molar-refractivity contribution in [2.24, 2.45) is 0 Å². The van der Waals surface area contributed by atoms with E-state index in [1.54, 1.807) is 12.1 Å². The van der Waals surface area contributed by atoms with Crippen LogP contribution in [0.1, 0.15) is 10.4 Å². The van der Waals surface area contributed by atoms with Crippen LogP contribution in [-0.4, -0.2) is 24.6 Å². The minimum atomic E-state index is -4.10. The molecule has 2 rings (SSSR count). The van der Waals surface area contributed by atoms with Gasteiger partial charge in [0.1, 0.15) is 11.3 Å². The van der Waals surface area contributed by atoms with Crippen LogP contribution in [0.25, 0.3) is 10.8 Å². The topological polar surface area (TPSA) is 91.7 Å². The highest BCUT2D eigenvalue weighted by Crippen LogP contribution is 2.35. The number of aromatic hydroxyl groups is 1. The lowest BCUT2D eigenvalue weighted by molar-refractivity contribution is 0.0694. The highest BCUT2D eigenvalue weighted by molar-refractivity contribution is 8.14. The maximum atomic E-state index is 11.4. The molecule has 0 spiro atoms. The van der Waals surface area contributed by atoms with Gasteiger partial charge in [-0.15, -0.1) is 0 Å². The van der Waals surface area contributed by atoms with Gasteiger partial charge in [0.05, 0.1) is 4.90 Å². The van der Waals surface area contributed by atoms with E-state index in [4.69, 9.17) is 15.8 Å². The Bertz CT molecular complexity index is 751. The van der Waals surface area contributed by atoms with Crippen LogP contribution >= 0.6 is 10.7 Å². The van der Waals surface area contributed by atoms with Gasteiger partial charge in [0.25, 0.3) is 9.05 Å². The van der Waals surface area contributed by atoms with Gasteiger partial charge in [0.2, 0.25) is 0 Å². The van der Waals surface area contributed by atoms with E-state index < -0.39 is 26.3 Å². The zero-order valence-corrected chi connectivity index (χ0v) is 10.4. The van der Waals surface area contributed by atoms with Crippen molar-refractivity contribution in [2.75, 3.05) is 0 Å². The highest BCUT2D eigenvalue weighted by atomic mass is 35.7. The van der Waals surface area contributed by atoms with Crippen molar-refractivity contribution in [2.45, 2.75) is 4.90 Å². The third-order valence-corrected chi connectivity index (χ3v) is 3.83. The number of carboxylic acids is 1. The Labute approximate surface area is 107 Å². The first kappa shape index (κ1) is 12.7. The molecule has 0 amide bonds. The molecule has 5 nitrogen and oxygen atoms in total. The van der Waals surface area contributed by atoms with Crippen molar-refractivity contribution in [3.63, 3.8) is 0 Å². The number of benzene rings is 2. The molecule has 0 atom stereocenters. The summed E-state index contributed by atoms with van der Waals surface area (Å²) < 4.78 is 22.8. The second-order valence-electron chi connectivity index (χ2n) is 3.56. The molecule has 0 fully saturated rings. The van der Waals surface area contributed by atoms with Gasteiger partial charge in [-0.25, -0.2) is 13.2 Å². The fourth-order valence-corrected chi connectivity index (χ4v) is 2.77. The number of aromatic carboxylic acids is 1. The summed E-state index contributed by atoms with van der Waals surface area (Å²) in [6.45, 7) is 0. The Morgan fingerprint density at radius 2 is 1.72 bits per heavy atom. The monoisotopic (exact) mass is 286 g/mol. The standard InChI is InChI=1S/C11H7ClO5S/c12-18(16,17)9-5-8(11(14)15)10(13)7-4-2-1-3-6(7)9/h1-5,13H,(H,14,15). The molecule has 0 aliphatic heterocycles. The van der Waals surface area contributed by atoms with E-state index in [9.17, 15) is 18.3 Å². The van der Waals surface area contributed by atoms with Crippen molar-refractivity contribution in [1.82, 2.24) is 0 Å². The van der Waals surface area contributed by atoms with Crippen molar-refractivity contribution in [1.29, 1.82) is 0 Å². The Hall–Kier alpha value is -1.79. The largest absolute Gasteiger partial charge is 0.506 e. The smallest absolute Gasteiger partial charge is 0.339 e. The molecule has 0 aliphatic carbocycles. The minimum absolute atomic E-state index is 0.122. The van der Waals surface area contributed by atoms with E-state index in [1.165, 1.54) is 12.1 Å². The molecule has 2 aromatic rings. The summed E-state index contributed by atoms with van der Waals surface area (Å²) in [5, 5.41) is 19.0. The van der Waals surface area contributed by atoms with Crippen molar-refractivity contribution >= 4 is 36.5 Å². The van der Waals surface area contributed by atoms with E-state index in [1.807, 2.05) is 0 Å². The predicted molar refractivity (Wildman–Crippen MR) is 65.6 cm³/mol. The summed E-state index contributed by atoms with van der Waals surface area (Å²) in [5.74, 6) is -1.91. The van der Waals surface area contributed by atoms with E-state index in [0.29, 0.717) is 0 Å². The second kappa shape index (κ2) is 4.15. The molecule has 0 saturated heterocycles. The van der Waals surface area contributed by atoms with Gasteiger partial charge in [0, 0.05) is 21.5 Å².